The van der Waals surface area contributed by atoms with Crippen molar-refractivity contribution in [3.05, 3.63) is 83.0 Å². The molecular weight excluding hydrogens is 420 g/mol. The molecule has 6 nitrogen and oxygen atoms in total. The fourth-order valence-corrected chi connectivity index (χ4v) is 2.66. The Kier molecular flexibility index (Phi) is 9.96. The third kappa shape index (κ3) is 9.07. The molecule has 2 aromatic carbocycles. The van der Waals surface area contributed by atoms with Crippen molar-refractivity contribution in [2.45, 2.75) is 27.7 Å². The van der Waals surface area contributed by atoms with Gasteiger partial charge in [-0.2, -0.15) is 0 Å². The van der Waals surface area contributed by atoms with Gasteiger partial charge < -0.3 is 19.3 Å². The first-order chi connectivity index (χ1) is 15.8. The number of ketones is 1. The Hall–Kier alpha value is -3.80. The fourth-order valence-electron chi connectivity index (χ4n) is 2.66. The van der Waals surface area contributed by atoms with E-state index in [2.05, 4.69) is 0 Å². The quantitative estimate of drug-likeness (QED) is 0.252. The lowest BCUT2D eigenvalue weighted by molar-refractivity contribution is -0.139. The minimum Gasteiger partial charge on any atom is -0.489 e. The van der Waals surface area contributed by atoms with Gasteiger partial charge >= 0.3 is 5.97 Å². The van der Waals surface area contributed by atoms with Gasteiger partial charge in [-0.25, -0.2) is 4.79 Å². The van der Waals surface area contributed by atoms with Crippen LogP contribution in [0.25, 0.3) is 6.08 Å². The third-order valence-electron chi connectivity index (χ3n) is 4.37. The third-order valence-corrected chi connectivity index (χ3v) is 4.37. The minimum atomic E-state index is -1.14. The van der Waals surface area contributed by atoms with Crippen LogP contribution < -0.4 is 14.2 Å². The molecule has 0 aromatic heterocycles. The average molecular weight is 451 g/mol. The summed E-state index contributed by atoms with van der Waals surface area (Å²) in [4.78, 5) is 23.9. The number of ether oxygens (including phenoxy) is 3. The van der Waals surface area contributed by atoms with E-state index in [0.29, 0.717) is 24.7 Å². The smallest absolute Gasteiger partial charge is 0.341 e. The van der Waals surface area contributed by atoms with Crippen LogP contribution in [0.1, 0.15) is 43.6 Å². The van der Waals surface area contributed by atoms with E-state index in [4.69, 9.17) is 19.3 Å². The van der Waals surface area contributed by atoms with Crippen molar-refractivity contribution < 1.29 is 28.9 Å². The Morgan fingerprint density at radius 1 is 0.848 bits per heavy atom. The second kappa shape index (κ2) is 12.9. The molecule has 33 heavy (non-hydrogen) atoms. The van der Waals surface area contributed by atoms with Crippen LogP contribution in [-0.4, -0.2) is 36.7 Å². The lowest BCUT2D eigenvalue weighted by atomic mass is 10.1. The van der Waals surface area contributed by atoms with Gasteiger partial charge in [0.15, 0.2) is 12.4 Å². The zero-order valence-electron chi connectivity index (χ0n) is 19.5. The molecule has 0 aliphatic rings. The minimum absolute atomic E-state index is 0.148. The number of allylic oxidation sites excluding steroid dienone is 3. The van der Waals surface area contributed by atoms with Gasteiger partial charge in [-0.1, -0.05) is 29.3 Å². The Labute approximate surface area is 194 Å². The molecule has 0 atom stereocenters. The summed E-state index contributed by atoms with van der Waals surface area (Å²) in [5, 5.41) is 8.98. The van der Waals surface area contributed by atoms with E-state index in [1.807, 2.05) is 64.1 Å². The summed E-state index contributed by atoms with van der Waals surface area (Å²) in [6, 6.07) is 12.2. The van der Waals surface area contributed by atoms with E-state index in [0.717, 1.165) is 16.7 Å². The van der Waals surface area contributed by atoms with Crippen molar-refractivity contribution in [1.82, 2.24) is 0 Å². The molecular formula is C27H30O6. The number of benzene rings is 2. The number of carboxylic acids is 1. The highest BCUT2D eigenvalue weighted by Crippen LogP contribution is 2.27. The van der Waals surface area contributed by atoms with Crippen molar-refractivity contribution in [1.29, 1.82) is 0 Å². The maximum atomic E-state index is 12.9. The van der Waals surface area contributed by atoms with Crippen molar-refractivity contribution in [3.63, 3.8) is 0 Å². The molecule has 0 radical (unpaired) electrons. The maximum Gasteiger partial charge on any atom is 0.341 e. The molecule has 0 unspecified atom stereocenters. The second-order valence-electron chi connectivity index (χ2n) is 7.76. The van der Waals surface area contributed by atoms with E-state index >= 15 is 0 Å². The predicted molar refractivity (Wildman–Crippen MR) is 129 cm³/mol. The SMILES string of the molecule is CC(C)=CCOc1ccc(C(=O)/C=C/c2ccccc2OCC=C(C)C)c(OCC(=O)O)c1. The van der Waals surface area contributed by atoms with Crippen LogP contribution in [0.3, 0.4) is 0 Å². The van der Waals surface area contributed by atoms with Crippen molar-refractivity contribution >= 4 is 17.8 Å². The highest BCUT2D eigenvalue weighted by atomic mass is 16.5. The van der Waals surface area contributed by atoms with Crippen LogP contribution in [0.2, 0.25) is 0 Å². The van der Waals surface area contributed by atoms with E-state index in [1.165, 1.54) is 12.1 Å². The first-order valence-electron chi connectivity index (χ1n) is 10.6. The lowest BCUT2D eigenvalue weighted by Gasteiger charge is -2.11. The maximum absolute atomic E-state index is 12.9. The van der Waals surface area contributed by atoms with E-state index in [1.54, 1.807) is 18.2 Å². The number of aliphatic carboxylic acids is 1. The summed E-state index contributed by atoms with van der Waals surface area (Å²) in [6.45, 7) is 8.14. The fraction of sp³-hybridized carbons (Fsp3) is 0.259. The Morgan fingerprint density at radius 3 is 2.18 bits per heavy atom. The lowest BCUT2D eigenvalue weighted by Crippen LogP contribution is -2.12. The number of carbonyl (C=O) groups is 2. The van der Waals surface area contributed by atoms with Gasteiger partial charge in [0.05, 0.1) is 5.56 Å². The molecule has 2 aromatic rings. The molecule has 6 heteroatoms. The molecule has 2 rings (SSSR count). The molecule has 0 aliphatic heterocycles. The van der Waals surface area contributed by atoms with Gasteiger partial charge in [0.25, 0.3) is 0 Å². The van der Waals surface area contributed by atoms with Crippen molar-refractivity contribution in [3.8, 4) is 17.2 Å². The van der Waals surface area contributed by atoms with Crippen LogP contribution in [0.5, 0.6) is 17.2 Å². The van der Waals surface area contributed by atoms with Crippen LogP contribution in [0.15, 0.2) is 71.8 Å². The molecule has 0 saturated heterocycles. The second-order valence-corrected chi connectivity index (χ2v) is 7.76. The summed E-state index contributed by atoms with van der Waals surface area (Å²) in [6.07, 6.45) is 6.96. The van der Waals surface area contributed by atoms with Gasteiger partial charge in [-0.3, -0.25) is 4.79 Å². The number of hydrogen-bond acceptors (Lipinski definition) is 5. The van der Waals surface area contributed by atoms with Gasteiger partial charge in [0.2, 0.25) is 0 Å². The number of hydrogen-bond donors (Lipinski definition) is 1. The summed E-state index contributed by atoms with van der Waals surface area (Å²) in [5.41, 5.74) is 3.26. The number of para-hydroxylation sites is 1. The standard InChI is InChI=1S/C27H30O6/c1-19(2)13-15-31-22-10-11-23(26(17-22)33-18-27(29)30)24(28)12-9-21-7-5-6-8-25(21)32-16-14-20(3)4/h5-14,17H,15-16,18H2,1-4H3,(H,29,30)/b12-9+. The molecule has 0 amide bonds. The topological polar surface area (TPSA) is 82.1 Å². The van der Waals surface area contributed by atoms with E-state index in [9.17, 15) is 9.59 Å². The number of rotatable bonds is 12. The number of carbonyl (C=O) groups excluding carboxylic acids is 1. The monoisotopic (exact) mass is 450 g/mol. The van der Waals surface area contributed by atoms with Crippen molar-refractivity contribution in [2.24, 2.45) is 0 Å². The van der Waals surface area contributed by atoms with E-state index < -0.39 is 12.6 Å². The largest absolute Gasteiger partial charge is 0.489 e. The normalized spacial score (nSPS) is 10.4. The number of carboxylic acid groups (broad SMARTS) is 1. The van der Waals surface area contributed by atoms with Gasteiger partial charge in [-0.05, 0) is 70.2 Å². The zero-order chi connectivity index (χ0) is 24.2. The Morgan fingerprint density at radius 2 is 1.52 bits per heavy atom. The predicted octanol–water partition coefficient (Wildman–Crippen LogP) is 5.74. The van der Waals surface area contributed by atoms with Gasteiger partial charge in [-0.15, -0.1) is 0 Å². The molecule has 0 bridgehead atoms. The summed E-state index contributed by atoms with van der Waals surface area (Å²) < 4.78 is 16.8. The summed E-state index contributed by atoms with van der Waals surface area (Å²) in [5.74, 6) is -0.182. The molecule has 0 fully saturated rings. The van der Waals surface area contributed by atoms with Crippen molar-refractivity contribution in [2.75, 3.05) is 19.8 Å². The van der Waals surface area contributed by atoms with Gasteiger partial charge in [0.1, 0.15) is 30.5 Å². The Bertz CT molecular complexity index is 1050. The summed E-state index contributed by atoms with van der Waals surface area (Å²) >= 11 is 0. The van der Waals surface area contributed by atoms with Crippen LogP contribution in [0.4, 0.5) is 0 Å². The summed E-state index contributed by atoms with van der Waals surface area (Å²) in [7, 11) is 0. The highest BCUT2D eigenvalue weighted by Gasteiger charge is 2.14. The molecule has 0 aliphatic carbocycles. The molecule has 0 spiro atoms. The van der Waals surface area contributed by atoms with Gasteiger partial charge in [0, 0.05) is 11.6 Å². The molecule has 1 N–H and O–H groups in total. The van der Waals surface area contributed by atoms with Crippen LogP contribution >= 0.6 is 0 Å². The first kappa shape index (κ1) is 25.5. The first-order valence-corrected chi connectivity index (χ1v) is 10.6. The van der Waals surface area contributed by atoms with Crippen LogP contribution in [0, 0.1) is 0 Å². The highest BCUT2D eigenvalue weighted by molar-refractivity contribution is 6.09. The van der Waals surface area contributed by atoms with Crippen LogP contribution in [-0.2, 0) is 4.79 Å². The molecule has 174 valence electrons. The zero-order valence-corrected chi connectivity index (χ0v) is 19.5. The Balaban J connectivity index is 2.23. The van der Waals surface area contributed by atoms with E-state index in [-0.39, 0.29) is 17.1 Å². The molecule has 0 heterocycles. The molecule has 0 saturated carbocycles. The average Bonchev–Trinajstić information content (AvgIpc) is 2.76.